The molecule has 0 fully saturated rings. The molecule has 0 spiro atoms. The SMILES string of the molecule is O=C(O)c1ccc(CN(Cc2ccc(C(=O)O)cc2)c2ccc(S(=O)(=O)[O-])cc2)cc1.O=C(O)c1ccc(CN(Cc2ccc(C(=O)O)cc2)c2ccc(S(=O)(=O)[O-])cc2)cc1.[Zn+2]. The Kier molecular flexibility index (Phi) is 16.6. The minimum atomic E-state index is -4.57. The molecule has 0 saturated heterocycles. The van der Waals surface area contributed by atoms with Crippen LogP contribution in [0, 0.1) is 0 Å². The van der Waals surface area contributed by atoms with Gasteiger partial charge in [-0.3, -0.25) is 0 Å². The molecule has 320 valence electrons. The molecule has 0 aliphatic rings. The van der Waals surface area contributed by atoms with E-state index in [4.69, 9.17) is 20.4 Å². The van der Waals surface area contributed by atoms with Crippen LogP contribution in [0.4, 0.5) is 11.4 Å². The molecule has 16 nitrogen and oxygen atoms in total. The van der Waals surface area contributed by atoms with Crippen LogP contribution in [0.25, 0.3) is 0 Å². The molecule has 19 heteroatoms. The van der Waals surface area contributed by atoms with Crippen molar-refractivity contribution < 1.29 is 85.0 Å². The number of benzene rings is 6. The largest absolute Gasteiger partial charge is 2.00 e. The number of carbonyl (C=O) groups is 4. The van der Waals surface area contributed by atoms with E-state index in [1.54, 1.807) is 48.5 Å². The van der Waals surface area contributed by atoms with Crippen molar-refractivity contribution >= 4 is 55.5 Å². The first-order chi connectivity index (χ1) is 29.3. The second-order valence-corrected chi connectivity index (χ2v) is 16.4. The molecule has 0 aliphatic heterocycles. The minimum absolute atomic E-state index is 0. The van der Waals surface area contributed by atoms with Crippen molar-refractivity contribution in [3.05, 3.63) is 190 Å². The van der Waals surface area contributed by atoms with Gasteiger partial charge in [0.15, 0.2) is 0 Å². The predicted octanol–water partition coefficient (Wildman–Crippen LogP) is 6.39. The van der Waals surface area contributed by atoms with E-state index in [0.717, 1.165) is 22.3 Å². The van der Waals surface area contributed by atoms with E-state index in [-0.39, 0.29) is 51.5 Å². The smallest absolute Gasteiger partial charge is 0.744 e. The monoisotopic (exact) mass is 944 g/mol. The number of anilines is 2. The summed E-state index contributed by atoms with van der Waals surface area (Å²) in [5.74, 6) is -4.12. The Bertz CT molecular complexity index is 2460. The van der Waals surface area contributed by atoms with Crippen molar-refractivity contribution in [1.29, 1.82) is 0 Å². The average Bonchev–Trinajstić information content (AvgIpc) is 3.23. The van der Waals surface area contributed by atoms with E-state index >= 15 is 0 Å². The number of nitrogens with zero attached hydrogens (tertiary/aromatic N) is 2. The van der Waals surface area contributed by atoms with E-state index in [1.165, 1.54) is 97.1 Å². The van der Waals surface area contributed by atoms with Gasteiger partial charge in [0.1, 0.15) is 20.2 Å². The first-order valence-electron chi connectivity index (χ1n) is 18.2. The van der Waals surface area contributed by atoms with Gasteiger partial charge in [0.2, 0.25) is 0 Å². The molecule has 4 N–H and O–H groups in total. The summed E-state index contributed by atoms with van der Waals surface area (Å²) in [6.45, 7) is 1.46. The molecular formula is C44H36N2O14S2Zn. The second-order valence-electron chi connectivity index (χ2n) is 13.6. The van der Waals surface area contributed by atoms with Crippen LogP contribution in [0.3, 0.4) is 0 Å². The Morgan fingerprint density at radius 2 is 0.556 bits per heavy atom. The van der Waals surface area contributed by atoms with Crippen molar-refractivity contribution in [3.63, 3.8) is 0 Å². The summed E-state index contributed by atoms with van der Waals surface area (Å²) in [4.78, 5) is 47.3. The summed E-state index contributed by atoms with van der Waals surface area (Å²) in [5, 5.41) is 36.2. The van der Waals surface area contributed by atoms with Gasteiger partial charge >= 0.3 is 43.4 Å². The zero-order valence-electron chi connectivity index (χ0n) is 33.0. The second kappa shape index (κ2) is 21.4. The number of carboxylic acid groups (broad SMARTS) is 4. The van der Waals surface area contributed by atoms with Gasteiger partial charge in [0, 0.05) is 37.6 Å². The van der Waals surface area contributed by atoms with Crippen LogP contribution in [-0.2, 0) is 65.9 Å². The van der Waals surface area contributed by atoms with Gasteiger partial charge in [-0.15, -0.1) is 0 Å². The summed E-state index contributed by atoms with van der Waals surface area (Å²) in [7, 11) is -9.14. The van der Waals surface area contributed by atoms with Crippen LogP contribution < -0.4 is 9.80 Å². The number of hydrogen-bond acceptors (Lipinski definition) is 12. The molecule has 0 aromatic heterocycles. The summed E-state index contributed by atoms with van der Waals surface area (Å²) >= 11 is 0. The third kappa shape index (κ3) is 14.1. The van der Waals surface area contributed by atoms with Gasteiger partial charge in [0.25, 0.3) is 0 Å². The van der Waals surface area contributed by atoms with Crippen molar-refractivity contribution in [3.8, 4) is 0 Å². The molecule has 0 bridgehead atoms. The Morgan fingerprint density at radius 1 is 0.365 bits per heavy atom. The van der Waals surface area contributed by atoms with Crippen LogP contribution in [0.5, 0.6) is 0 Å². The third-order valence-electron chi connectivity index (χ3n) is 9.28. The Hall–Kier alpha value is -6.76. The fourth-order valence-electron chi connectivity index (χ4n) is 6.02. The average molecular weight is 946 g/mol. The first-order valence-corrected chi connectivity index (χ1v) is 21.0. The van der Waals surface area contributed by atoms with Crippen molar-refractivity contribution in [2.24, 2.45) is 0 Å². The molecule has 0 amide bonds. The standard InChI is InChI=1S/2C22H19NO7S.Zn/c2*24-21(25)17-5-1-15(2-6-17)13-23(14-16-3-7-18(8-4-16)22(26)27)19-9-11-20(12-10-19)31(28,29)30;/h2*1-12H,13-14H2,(H,24,25)(H,26,27)(H,28,29,30);/q;;+2/p-2. The molecule has 0 heterocycles. The zero-order chi connectivity index (χ0) is 45.2. The Morgan fingerprint density at radius 3 is 0.714 bits per heavy atom. The topological polar surface area (TPSA) is 270 Å². The number of rotatable bonds is 16. The molecule has 0 unspecified atom stereocenters. The first kappa shape index (κ1) is 48.9. The maximum Gasteiger partial charge on any atom is 2.00 e. The van der Waals surface area contributed by atoms with Gasteiger partial charge in [-0.05, 0) is 119 Å². The summed E-state index contributed by atoms with van der Waals surface area (Å²) < 4.78 is 67.2. The Balaban J connectivity index is 0.000000272. The minimum Gasteiger partial charge on any atom is -0.744 e. The number of hydrogen-bond donors (Lipinski definition) is 4. The van der Waals surface area contributed by atoms with Gasteiger partial charge in [0.05, 0.1) is 32.0 Å². The van der Waals surface area contributed by atoms with Crippen LogP contribution in [-0.4, -0.2) is 70.2 Å². The van der Waals surface area contributed by atoms with E-state index in [9.17, 15) is 45.1 Å². The molecule has 6 aromatic rings. The predicted molar refractivity (Wildman–Crippen MR) is 222 cm³/mol. The normalized spacial score (nSPS) is 11.0. The van der Waals surface area contributed by atoms with Crippen LogP contribution in [0.2, 0.25) is 0 Å². The van der Waals surface area contributed by atoms with E-state index < -0.39 is 44.1 Å². The quantitative estimate of drug-likeness (QED) is 0.0605. The summed E-state index contributed by atoms with van der Waals surface area (Å²) in [6.07, 6.45) is 0. The molecule has 6 aromatic carbocycles. The van der Waals surface area contributed by atoms with Gasteiger partial charge in [-0.2, -0.15) is 0 Å². The van der Waals surface area contributed by atoms with E-state index in [2.05, 4.69) is 0 Å². The van der Waals surface area contributed by atoms with Gasteiger partial charge < -0.3 is 39.3 Å². The van der Waals surface area contributed by atoms with Crippen LogP contribution >= 0.6 is 0 Å². The van der Waals surface area contributed by atoms with Crippen LogP contribution in [0.1, 0.15) is 63.7 Å². The van der Waals surface area contributed by atoms with E-state index in [0.29, 0.717) is 37.6 Å². The molecule has 0 atom stereocenters. The molecular weight excluding hydrogens is 910 g/mol. The fraction of sp³-hybridized carbons (Fsp3) is 0.0909. The maximum absolute atomic E-state index is 11.2. The van der Waals surface area contributed by atoms with Crippen LogP contribution in [0.15, 0.2) is 155 Å². The third-order valence-corrected chi connectivity index (χ3v) is 11.0. The number of aromatic carboxylic acids is 4. The van der Waals surface area contributed by atoms with Crippen molar-refractivity contribution in [2.75, 3.05) is 9.80 Å². The molecule has 0 saturated carbocycles. The number of carboxylic acids is 4. The van der Waals surface area contributed by atoms with Crippen molar-refractivity contribution in [1.82, 2.24) is 0 Å². The Labute approximate surface area is 374 Å². The summed E-state index contributed by atoms with van der Waals surface area (Å²) in [5.41, 5.74) is 5.15. The molecule has 63 heavy (non-hydrogen) atoms. The van der Waals surface area contributed by atoms with Gasteiger partial charge in [-0.25, -0.2) is 36.0 Å². The molecule has 0 aliphatic carbocycles. The maximum atomic E-state index is 11.2. The van der Waals surface area contributed by atoms with Gasteiger partial charge in [-0.1, -0.05) is 48.5 Å². The van der Waals surface area contributed by atoms with E-state index in [1.807, 2.05) is 9.80 Å². The van der Waals surface area contributed by atoms with Crippen molar-refractivity contribution in [2.45, 2.75) is 36.0 Å². The zero-order valence-corrected chi connectivity index (χ0v) is 37.6. The summed E-state index contributed by atoms with van der Waals surface area (Å²) in [6, 6.07) is 36.3. The fourth-order valence-corrected chi connectivity index (χ4v) is 6.96. The molecule has 0 radical (unpaired) electrons. The molecule has 6 rings (SSSR count).